The van der Waals surface area contributed by atoms with Gasteiger partial charge in [-0.05, 0) is 79.3 Å². The van der Waals surface area contributed by atoms with E-state index in [1.165, 1.54) is 16.7 Å². The van der Waals surface area contributed by atoms with Gasteiger partial charge in [-0.2, -0.15) is 0 Å². The highest BCUT2D eigenvalue weighted by atomic mass is 16.5. The van der Waals surface area contributed by atoms with Gasteiger partial charge >= 0.3 is 0 Å². The van der Waals surface area contributed by atoms with Crippen LogP contribution in [0.3, 0.4) is 0 Å². The van der Waals surface area contributed by atoms with Crippen molar-refractivity contribution in [3.8, 4) is 11.4 Å². The molecule has 4 aromatic rings. The molecule has 3 nitrogen and oxygen atoms in total. The van der Waals surface area contributed by atoms with Crippen LogP contribution in [0.25, 0.3) is 16.7 Å². The Kier molecular flexibility index (Phi) is 5.43. The SMILES string of the molecule is CCOc1ccc(-n2cnc3ccc(CCc4ccc(CC)cc4)cc32)cc1. The first-order valence-corrected chi connectivity index (χ1v) is 10.0. The summed E-state index contributed by atoms with van der Waals surface area (Å²) in [6.45, 7) is 4.87. The zero-order chi connectivity index (χ0) is 19.3. The number of nitrogens with zero attached hydrogens (tertiary/aromatic N) is 2. The van der Waals surface area contributed by atoms with Gasteiger partial charge in [0.15, 0.2) is 0 Å². The Balaban J connectivity index is 1.55. The van der Waals surface area contributed by atoms with E-state index in [1.54, 1.807) is 0 Å². The topological polar surface area (TPSA) is 27.1 Å². The lowest BCUT2D eigenvalue weighted by molar-refractivity contribution is 0.340. The zero-order valence-corrected chi connectivity index (χ0v) is 16.6. The Labute approximate surface area is 166 Å². The lowest BCUT2D eigenvalue weighted by atomic mass is 10.0. The van der Waals surface area contributed by atoms with E-state index < -0.39 is 0 Å². The number of ether oxygens (including phenoxy) is 1. The molecular formula is C25H26N2O. The van der Waals surface area contributed by atoms with Crippen molar-refractivity contribution in [3.05, 3.63) is 89.7 Å². The number of aryl methyl sites for hydroxylation is 3. The maximum Gasteiger partial charge on any atom is 0.119 e. The van der Waals surface area contributed by atoms with Gasteiger partial charge in [-0.25, -0.2) is 4.98 Å². The van der Waals surface area contributed by atoms with Crippen molar-refractivity contribution in [2.75, 3.05) is 6.61 Å². The van der Waals surface area contributed by atoms with Crippen LogP contribution in [0.5, 0.6) is 5.75 Å². The fourth-order valence-corrected chi connectivity index (χ4v) is 3.51. The normalized spacial score (nSPS) is 11.1. The summed E-state index contributed by atoms with van der Waals surface area (Å²) >= 11 is 0. The van der Waals surface area contributed by atoms with E-state index in [4.69, 9.17) is 4.74 Å². The summed E-state index contributed by atoms with van der Waals surface area (Å²) in [6.07, 6.45) is 5.06. The molecule has 3 heteroatoms. The zero-order valence-electron chi connectivity index (χ0n) is 16.6. The summed E-state index contributed by atoms with van der Waals surface area (Å²) in [7, 11) is 0. The second kappa shape index (κ2) is 8.30. The largest absolute Gasteiger partial charge is 0.494 e. The van der Waals surface area contributed by atoms with Crippen LogP contribution in [0.4, 0.5) is 0 Å². The molecule has 0 aliphatic carbocycles. The van der Waals surface area contributed by atoms with Crippen LogP contribution < -0.4 is 4.74 Å². The first-order chi connectivity index (χ1) is 13.8. The Morgan fingerprint density at radius 1 is 0.786 bits per heavy atom. The monoisotopic (exact) mass is 370 g/mol. The molecule has 0 fully saturated rings. The molecule has 3 aromatic carbocycles. The lowest BCUT2D eigenvalue weighted by Gasteiger charge is -2.08. The molecule has 0 saturated carbocycles. The molecule has 0 bridgehead atoms. The van der Waals surface area contributed by atoms with Crippen molar-refractivity contribution < 1.29 is 4.74 Å². The smallest absolute Gasteiger partial charge is 0.119 e. The van der Waals surface area contributed by atoms with E-state index in [0.717, 1.165) is 41.7 Å². The van der Waals surface area contributed by atoms with E-state index in [2.05, 4.69) is 71.1 Å². The van der Waals surface area contributed by atoms with E-state index in [1.807, 2.05) is 25.4 Å². The first kappa shape index (κ1) is 18.3. The van der Waals surface area contributed by atoms with Gasteiger partial charge in [0.1, 0.15) is 12.1 Å². The number of hydrogen-bond donors (Lipinski definition) is 0. The van der Waals surface area contributed by atoms with E-state index in [0.29, 0.717) is 6.61 Å². The minimum Gasteiger partial charge on any atom is -0.494 e. The molecule has 0 aliphatic heterocycles. The van der Waals surface area contributed by atoms with Crippen molar-refractivity contribution >= 4 is 11.0 Å². The van der Waals surface area contributed by atoms with Gasteiger partial charge in [0.25, 0.3) is 0 Å². The Morgan fingerprint density at radius 3 is 2.18 bits per heavy atom. The summed E-state index contributed by atoms with van der Waals surface area (Å²) in [5.74, 6) is 0.894. The second-order valence-corrected chi connectivity index (χ2v) is 7.03. The summed E-state index contributed by atoms with van der Waals surface area (Å²) in [4.78, 5) is 4.56. The van der Waals surface area contributed by atoms with Gasteiger partial charge in [-0.15, -0.1) is 0 Å². The summed E-state index contributed by atoms with van der Waals surface area (Å²) in [5.41, 5.74) is 7.37. The third-order valence-electron chi connectivity index (χ3n) is 5.17. The molecule has 4 rings (SSSR count). The molecule has 0 aliphatic rings. The van der Waals surface area contributed by atoms with Crippen LogP contribution in [-0.2, 0) is 19.3 Å². The lowest BCUT2D eigenvalue weighted by Crippen LogP contribution is -1.96. The van der Waals surface area contributed by atoms with Crippen LogP contribution in [0, 0.1) is 0 Å². The summed E-state index contributed by atoms with van der Waals surface area (Å²) in [5, 5.41) is 0. The molecule has 0 amide bonds. The fourth-order valence-electron chi connectivity index (χ4n) is 3.51. The van der Waals surface area contributed by atoms with E-state index in [9.17, 15) is 0 Å². The number of benzene rings is 3. The van der Waals surface area contributed by atoms with Crippen LogP contribution >= 0.6 is 0 Å². The minimum absolute atomic E-state index is 0.678. The molecule has 28 heavy (non-hydrogen) atoms. The average Bonchev–Trinajstić information content (AvgIpc) is 3.17. The number of hydrogen-bond acceptors (Lipinski definition) is 2. The van der Waals surface area contributed by atoms with Crippen LogP contribution in [0.15, 0.2) is 73.1 Å². The number of fused-ring (bicyclic) bond motifs is 1. The van der Waals surface area contributed by atoms with Gasteiger partial charge in [-0.1, -0.05) is 37.3 Å². The maximum absolute atomic E-state index is 5.55. The Bertz CT molecular complexity index is 1050. The number of imidazole rings is 1. The van der Waals surface area contributed by atoms with Crippen molar-refractivity contribution in [1.29, 1.82) is 0 Å². The van der Waals surface area contributed by atoms with E-state index >= 15 is 0 Å². The van der Waals surface area contributed by atoms with E-state index in [-0.39, 0.29) is 0 Å². The fraction of sp³-hybridized carbons (Fsp3) is 0.240. The van der Waals surface area contributed by atoms with Gasteiger partial charge < -0.3 is 4.74 Å². The number of aromatic nitrogens is 2. The second-order valence-electron chi connectivity index (χ2n) is 7.03. The highest BCUT2D eigenvalue weighted by Crippen LogP contribution is 2.22. The predicted octanol–water partition coefficient (Wildman–Crippen LogP) is 5.77. The minimum atomic E-state index is 0.678. The highest BCUT2D eigenvalue weighted by Gasteiger charge is 2.07. The van der Waals surface area contributed by atoms with Crippen LogP contribution in [0.1, 0.15) is 30.5 Å². The number of rotatable bonds is 7. The molecule has 142 valence electrons. The van der Waals surface area contributed by atoms with Gasteiger partial charge in [0.05, 0.1) is 17.6 Å². The Morgan fingerprint density at radius 2 is 1.46 bits per heavy atom. The van der Waals surface area contributed by atoms with Crippen molar-refractivity contribution in [2.45, 2.75) is 33.1 Å². The van der Waals surface area contributed by atoms with Crippen molar-refractivity contribution in [1.82, 2.24) is 9.55 Å². The first-order valence-electron chi connectivity index (χ1n) is 10.0. The third kappa shape index (κ3) is 3.94. The quantitative estimate of drug-likeness (QED) is 0.413. The van der Waals surface area contributed by atoms with Gasteiger partial charge in [0, 0.05) is 5.69 Å². The third-order valence-corrected chi connectivity index (χ3v) is 5.17. The predicted molar refractivity (Wildman–Crippen MR) is 115 cm³/mol. The molecular weight excluding hydrogens is 344 g/mol. The molecule has 0 unspecified atom stereocenters. The molecule has 0 atom stereocenters. The van der Waals surface area contributed by atoms with Gasteiger partial charge in [0.2, 0.25) is 0 Å². The van der Waals surface area contributed by atoms with Crippen molar-refractivity contribution in [3.63, 3.8) is 0 Å². The standard InChI is InChI=1S/C25H26N2O/c1-3-19-5-7-20(8-6-19)9-10-21-11-16-24-25(17-21)27(18-26-24)22-12-14-23(15-13-22)28-4-2/h5-8,11-18H,3-4,9-10H2,1-2H3. The maximum atomic E-state index is 5.55. The molecule has 0 radical (unpaired) electrons. The molecule has 0 spiro atoms. The molecule has 0 saturated heterocycles. The van der Waals surface area contributed by atoms with Crippen molar-refractivity contribution in [2.24, 2.45) is 0 Å². The summed E-state index contributed by atoms with van der Waals surface area (Å²) in [6, 6.07) is 23.7. The van der Waals surface area contributed by atoms with Crippen LogP contribution in [0.2, 0.25) is 0 Å². The Hall–Kier alpha value is -3.07. The average molecular weight is 370 g/mol. The molecule has 0 N–H and O–H groups in total. The van der Waals surface area contributed by atoms with Crippen LogP contribution in [-0.4, -0.2) is 16.2 Å². The van der Waals surface area contributed by atoms with Gasteiger partial charge in [-0.3, -0.25) is 4.57 Å². The molecule has 1 heterocycles. The summed E-state index contributed by atoms with van der Waals surface area (Å²) < 4.78 is 7.69. The molecule has 1 aromatic heterocycles. The highest BCUT2D eigenvalue weighted by molar-refractivity contribution is 5.78.